The fourth-order valence-electron chi connectivity index (χ4n) is 2.70. The lowest BCUT2D eigenvalue weighted by molar-refractivity contribution is -0.127. The van der Waals surface area contributed by atoms with E-state index in [9.17, 15) is 9.18 Å². The first-order valence-electron chi connectivity index (χ1n) is 7.64. The highest BCUT2D eigenvalue weighted by atomic mass is 19.1. The highest BCUT2D eigenvalue weighted by Gasteiger charge is 2.27. The van der Waals surface area contributed by atoms with E-state index in [4.69, 9.17) is 4.52 Å². The predicted octanol–water partition coefficient (Wildman–Crippen LogP) is 2.94. The molecule has 0 saturated carbocycles. The number of halogens is 1. The van der Waals surface area contributed by atoms with Crippen LogP contribution < -0.4 is 0 Å². The molecule has 1 aliphatic heterocycles. The summed E-state index contributed by atoms with van der Waals surface area (Å²) in [4.78, 5) is 18.4. The lowest BCUT2D eigenvalue weighted by Gasteiger charge is -2.30. The number of benzene rings is 1. The molecular formula is C17H18FN3O2. The Balaban J connectivity index is 1.63. The van der Waals surface area contributed by atoms with Gasteiger partial charge in [0, 0.05) is 19.2 Å². The van der Waals surface area contributed by atoms with Crippen molar-refractivity contribution in [3.63, 3.8) is 0 Å². The zero-order chi connectivity index (χ0) is 16.2. The molecule has 1 aliphatic rings. The summed E-state index contributed by atoms with van der Waals surface area (Å²) in [5.41, 5.74) is 0.792. The molecule has 0 aliphatic carbocycles. The monoisotopic (exact) mass is 315 g/mol. The van der Waals surface area contributed by atoms with Gasteiger partial charge in [-0.3, -0.25) is 4.79 Å². The summed E-state index contributed by atoms with van der Waals surface area (Å²) in [5.74, 6) is 0.952. The average molecular weight is 315 g/mol. The molecule has 1 amide bonds. The van der Waals surface area contributed by atoms with E-state index >= 15 is 0 Å². The van der Waals surface area contributed by atoms with Crippen LogP contribution in [0.25, 0.3) is 6.08 Å². The van der Waals surface area contributed by atoms with Crippen LogP contribution in [0.1, 0.15) is 36.0 Å². The maximum absolute atomic E-state index is 12.9. The van der Waals surface area contributed by atoms with Crippen LogP contribution in [0.4, 0.5) is 4.39 Å². The van der Waals surface area contributed by atoms with Crippen molar-refractivity contribution in [2.75, 3.05) is 13.1 Å². The first-order chi connectivity index (χ1) is 11.1. The van der Waals surface area contributed by atoms with Crippen LogP contribution in [0.3, 0.4) is 0 Å². The van der Waals surface area contributed by atoms with Gasteiger partial charge in [0.15, 0.2) is 5.82 Å². The van der Waals surface area contributed by atoms with Gasteiger partial charge >= 0.3 is 0 Å². The molecule has 0 spiro atoms. The largest absolute Gasteiger partial charge is 0.339 e. The molecule has 1 atom stereocenters. The van der Waals surface area contributed by atoms with E-state index in [1.165, 1.54) is 18.2 Å². The Morgan fingerprint density at radius 1 is 1.39 bits per heavy atom. The molecule has 2 aromatic rings. The topological polar surface area (TPSA) is 59.2 Å². The van der Waals surface area contributed by atoms with Crippen molar-refractivity contribution in [2.24, 2.45) is 0 Å². The number of hydrogen-bond acceptors (Lipinski definition) is 4. The molecule has 2 heterocycles. The van der Waals surface area contributed by atoms with Gasteiger partial charge in [0.25, 0.3) is 0 Å². The number of carbonyl (C=O) groups excluding carboxylic acids is 1. The van der Waals surface area contributed by atoms with E-state index < -0.39 is 0 Å². The second-order valence-corrected chi connectivity index (χ2v) is 5.69. The summed E-state index contributed by atoms with van der Waals surface area (Å²) in [6, 6.07) is 6.02. The number of likely N-dealkylation sites (tertiary alicyclic amines) is 1. The Morgan fingerprint density at radius 2 is 2.17 bits per heavy atom. The van der Waals surface area contributed by atoms with Crippen LogP contribution >= 0.6 is 0 Å². The van der Waals surface area contributed by atoms with Gasteiger partial charge in [-0.25, -0.2) is 4.39 Å². The molecule has 5 nitrogen and oxygen atoms in total. The number of hydrogen-bond donors (Lipinski definition) is 0. The van der Waals surface area contributed by atoms with Crippen molar-refractivity contribution in [1.29, 1.82) is 0 Å². The van der Waals surface area contributed by atoms with Gasteiger partial charge in [-0.1, -0.05) is 17.3 Å². The smallest absolute Gasteiger partial charge is 0.246 e. The molecule has 6 heteroatoms. The molecule has 1 aromatic carbocycles. The van der Waals surface area contributed by atoms with Crippen molar-refractivity contribution < 1.29 is 13.7 Å². The summed E-state index contributed by atoms with van der Waals surface area (Å²) in [5, 5.41) is 3.81. The van der Waals surface area contributed by atoms with Gasteiger partial charge in [-0.05, 0) is 43.5 Å². The molecule has 3 rings (SSSR count). The molecule has 0 radical (unpaired) electrons. The molecule has 1 saturated heterocycles. The summed E-state index contributed by atoms with van der Waals surface area (Å²) < 4.78 is 18.1. The molecule has 0 bridgehead atoms. The second-order valence-electron chi connectivity index (χ2n) is 5.69. The minimum absolute atomic E-state index is 0.0599. The highest BCUT2D eigenvalue weighted by Crippen LogP contribution is 2.25. The van der Waals surface area contributed by atoms with Crippen molar-refractivity contribution in [1.82, 2.24) is 15.0 Å². The van der Waals surface area contributed by atoms with Crippen LogP contribution in [0.2, 0.25) is 0 Å². The van der Waals surface area contributed by atoms with E-state index in [1.54, 1.807) is 30.0 Å². The molecule has 1 aromatic heterocycles. The molecular weight excluding hydrogens is 297 g/mol. The van der Waals surface area contributed by atoms with E-state index in [2.05, 4.69) is 10.1 Å². The minimum atomic E-state index is -0.290. The number of aromatic nitrogens is 2. The van der Waals surface area contributed by atoms with Gasteiger partial charge in [-0.15, -0.1) is 0 Å². The third-order valence-corrected chi connectivity index (χ3v) is 3.91. The van der Waals surface area contributed by atoms with Gasteiger partial charge in [0.2, 0.25) is 11.8 Å². The maximum Gasteiger partial charge on any atom is 0.246 e. The van der Waals surface area contributed by atoms with E-state index in [-0.39, 0.29) is 17.6 Å². The Kier molecular flexibility index (Phi) is 4.50. The molecule has 0 N–H and O–H groups in total. The van der Waals surface area contributed by atoms with Crippen molar-refractivity contribution >= 4 is 12.0 Å². The zero-order valence-electron chi connectivity index (χ0n) is 12.9. The fraction of sp³-hybridized carbons (Fsp3) is 0.353. The third-order valence-electron chi connectivity index (χ3n) is 3.91. The molecule has 23 heavy (non-hydrogen) atoms. The Labute approximate surface area is 133 Å². The normalized spacial score (nSPS) is 18.5. The van der Waals surface area contributed by atoms with Gasteiger partial charge < -0.3 is 9.42 Å². The van der Waals surface area contributed by atoms with Crippen molar-refractivity contribution in [3.8, 4) is 0 Å². The predicted molar refractivity (Wildman–Crippen MR) is 83.0 cm³/mol. The van der Waals surface area contributed by atoms with Gasteiger partial charge in [-0.2, -0.15) is 4.98 Å². The Bertz CT molecular complexity index is 709. The van der Waals surface area contributed by atoms with Crippen LogP contribution in [-0.2, 0) is 4.79 Å². The number of carbonyl (C=O) groups is 1. The molecule has 1 fully saturated rings. The first-order valence-corrected chi connectivity index (χ1v) is 7.64. The zero-order valence-corrected chi connectivity index (χ0v) is 12.9. The Hall–Kier alpha value is -2.50. The Morgan fingerprint density at radius 3 is 2.87 bits per heavy atom. The molecule has 0 unspecified atom stereocenters. The van der Waals surface area contributed by atoms with E-state index in [1.807, 2.05) is 0 Å². The van der Waals surface area contributed by atoms with Crippen molar-refractivity contribution in [2.45, 2.75) is 25.7 Å². The highest BCUT2D eigenvalue weighted by molar-refractivity contribution is 5.91. The summed E-state index contributed by atoms with van der Waals surface area (Å²) in [6.07, 6.45) is 5.06. The summed E-state index contributed by atoms with van der Waals surface area (Å²) in [7, 11) is 0. The SMILES string of the molecule is Cc1noc([C@H]2CCCN(C(=O)/C=C\c3ccc(F)cc3)C2)n1. The average Bonchev–Trinajstić information content (AvgIpc) is 3.01. The van der Waals surface area contributed by atoms with E-state index in [0.29, 0.717) is 18.3 Å². The standard InChI is InChI=1S/C17H18FN3O2/c1-12-19-17(23-20-12)14-3-2-10-21(11-14)16(22)9-6-13-4-7-15(18)8-5-13/h4-9,14H,2-3,10-11H2,1H3/b9-6-/t14-/m0/s1. The fourth-order valence-corrected chi connectivity index (χ4v) is 2.70. The van der Waals surface area contributed by atoms with Gasteiger partial charge in [0.1, 0.15) is 5.82 Å². The summed E-state index contributed by atoms with van der Waals surface area (Å²) >= 11 is 0. The lowest BCUT2D eigenvalue weighted by atomic mass is 9.98. The van der Waals surface area contributed by atoms with Crippen LogP contribution in [0.5, 0.6) is 0 Å². The van der Waals surface area contributed by atoms with Crippen LogP contribution in [0, 0.1) is 12.7 Å². The van der Waals surface area contributed by atoms with Crippen molar-refractivity contribution in [3.05, 3.63) is 53.4 Å². The molecule has 120 valence electrons. The maximum atomic E-state index is 12.9. The third kappa shape index (κ3) is 3.83. The minimum Gasteiger partial charge on any atom is -0.339 e. The number of amides is 1. The van der Waals surface area contributed by atoms with Crippen LogP contribution in [0.15, 0.2) is 34.9 Å². The lowest BCUT2D eigenvalue weighted by Crippen LogP contribution is -2.38. The number of aryl methyl sites for hydroxylation is 1. The number of piperidine rings is 1. The first kappa shape index (κ1) is 15.4. The number of rotatable bonds is 3. The van der Waals surface area contributed by atoms with E-state index in [0.717, 1.165) is 24.9 Å². The quantitative estimate of drug-likeness (QED) is 0.817. The van der Waals surface area contributed by atoms with Gasteiger partial charge in [0.05, 0.1) is 5.92 Å². The second kappa shape index (κ2) is 6.73. The van der Waals surface area contributed by atoms with Crippen LogP contribution in [-0.4, -0.2) is 34.0 Å². The summed E-state index contributed by atoms with van der Waals surface area (Å²) in [6.45, 7) is 3.08. The number of nitrogens with zero attached hydrogens (tertiary/aromatic N) is 3.